The second-order valence-corrected chi connectivity index (χ2v) is 4.33. The lowest BCUT2D eigenvalue weighted by atomic mass is 10.00. The lowest BCUT2D eigenvalue weighted by Crippen LogP contribution is -1.98. The molecule has 3 rings (SSSR count). The summed E-state index contributed by atoms with van der Waals surface area (Å²) in [5.74, 6) is 0. The van der Waals surface area contributed by atoms with E-state index in [2.05, 4.69) is 12.1 Å². The molecule has 3 aromatic rings. The van der Waals surface area contributed by atoms with Gasteiger partial charge in [-0.1, -0.05) is 42.5 Å². The lowest BCUT2D eigenvalue weighted by Gasteiger charge is -2.05. The maximum absolute atomic E-state index is 10.7. The standard InChI is InChI=1S/C15H11NO2/c17-16(18)10-14-7-3-6-13-8-11-4-1-2-5-12(11)9-15(13)14/h1-9H,10H2. The van der Waals surface area contributed by atoms with Crippen molar-refractivity contribution >= 4 is 21.5 Å². The largest absolute Gasteiger partial charge is 0.264 e. The van der Waals surface area contributed by atoms with Crippen LogP contribution in [-0.4, -0.2) is 4.92 Å². The van der Waals surface area contributed by atoms with Crippen LogP contribution < -0.4 is 0 Å². The van der Waals surface area contributed by atoms with Crippen LogP contribution >= 0.6 is 0 Å². The molecular formula is C15H11NO2. The fraction of sp³-hybridized carbons (Fsp3) is 0.0667. The predicted molar refractivity (Wildman–Crippen MR) is 72.2 cm³/mol. The van der Waals surface area contributed by atoms with Gasteiger partial charge in [-0.2, -0.15) is 0 Å². The molecular weight excluding hydrogens is 226 g/mol. The van der Waals surface area contributed by atoms with Gasteiger partial charge in [0.2, 0.25) is 6.54 Å². The van der Waals surface area contributed by atoms with E-state index in [1.165, 1.54) is 0 Å². The van der Waals surface area contributed by atoms with Gasteiger partial charge in [0.05, 0.1) is 0 Å². The summed E-state index contributed by atoms with van der Waals surface area (Å²) in [7, 11) is 0. The Morgan fingerprint density at radius 1 is 0.889 bits per heavy atom. The Morgan fingerprint density at radius 3 is 2.28 bits per heavy atom. The SMILES string of the molecule is O=[N+]([O-])Cc1cccc2cc3ccccc3cc12. The minimum atomic E-state index is -0.288. The average molecular weight is 237 g/mol. The molecule has 0 unspecified atom stereocenters. The van der Waals surface area contributed by atoms with Crippen molar-refractivity contribution in [3.05, 3.63) is 70.3 Å². The first kappa shape index (κ1) is 10.7. The number of hydrogen-bond donors (Lipinski definition) is 0. The molecule has 0 radical (unpaired) electrons. The number of benzene rings is 3. The molecule has 0 amide bonds. The Labute approximate surface area is 104 Å². The van der Waals surface area contributed by atoms with Crippen LogP contribution in [0.4, 0.5) is 0 Å². The van der Waals surface area contributed by atoms with Crippen LogP contribution in [0.15, 0.2) is 54.6 Å². The second-order valence-electron chi connectivity index (χ2n) is 4.33. The van der Waals surface area contributed by atoms with Crippen molar-refractivity contribution in [2.75, 3.05) is 0 Å². The molecule has 0 saturated heterocycles. The smallest absolute Gasteiger partial charge is 0.229 e. The van der Waals surface area contributed by atoms with E-state index in [0.29, 0.717) is 0 Å². The maximum atomic E-state index is 10.7. The highest BCUT2D eigenvalue weighted by Gasteiger charge is 2.07. The van der Waals surface area contributed by atoms with Gasteiger partial charge in [0.25, 0.3) is 0 Å². The zero-order valence-electron chi connectivity index (χ0n) is 9.67. The molecule has 0 aliphatic heterocycles. The third kappa shape index (κ3) is 1.80. The fourth-order valence-electron chi connectivity index (χ4n) is 2.31. The molecule has 0 saturated carbocycles. The summed E-state index contributed by atoms with van der Waals surface area (Å²) in [6.45, 7) is -0.129. The van der Waals surface area contributed by atoms with Crippen LogP contribution in [0.5, 0.6) is 0 Å². The Bertz CT molecular complexity index is 750. The van der Waals surface area contributed by atoms with E-state index >= 15 is 0 Å². The third-order valence-electron chi connectivity index (χ3n) is 3.14. The van der Waals surface area contributed by atoms with Gasteiger partial charge >= 0.3 is 0 Å². The highest BCUT2D eigenvalue weighted by molar-refractivity contribution is 5.99. The Hall–Kier alpha value is -2.42. The fourth-order valence-corrected chi connectivity index (χ4v) is 2.31. The minimum Gasteiger partial charge on any atom is -0.264 e. The number of fused-ring (bicyclic) bond motifs is 2. The highest BCUT2D eigenvalue weighted by atomic mass is 16.6. The summed E-state index contributed by atoms with van der Waals surface area (Å²) in [4.78, 5) is 10.4. The topological polar surface area (TPSA) is 43.1 Å². The molecule has 3 nitrogen and oxygen atoms in total. The van der Waals surface area contributed by atoms with Gasteiger partial charge in [-0.3, -0.25) is 10.1 Å². The van der Waals surface area contributed by atoms with Crippen molar-refractivity contribution in [3.8, 4) is 0 Å². The second kappa shape index (κ2) is 4.11. The summed E-state index contributed by atoms with van der Waals surface area (Å²) >= 11 is 0. The van der Waals surface area contributed by atoms with Crippen LogP contribution in [0, 0.1) is 10.1 Å². The van der Waals surface area contributed by atoms with Gasteiger partial charge in [-0.05, 0) is 33.7 Å². The molecule has 0 bridgehead atoms. The van der Waals surface area contributed by atoms with E-state index in [9.17, 15) is 10.1 Å². The summed E-state index contributed by atoms with van der Waals surface area (Å²) < 4.78 is 0. The zero-order chi connectivity index (χ0) is 12.5. The van der Waals surface area contributed by atoms with E-state index in [4.69, 9.17) is 0 Å². The van der Waals surface area contributed by atoms with Crippen LogP contribution in [0.2, 0.25) is 0 Å². The molecule has 0 aromatic heterocycles. The zero-order valence-corrected chi connectivity index (χ0v) is 9.67. The lowest BCUT2D eigenvalue weighted by molar-refractivity contribution is -0.496. The summed E-state index contributed by atoms with van der Waals surface area (Å²) in [6, 6.07) is 17.8. The first-order valence-electron chi connectivity index (χ1n) is 5.76. The highest BCUT2D eigenvalue weighted by Crippen LogP contribution is 2.25. The van der Waals surface area contributed by atoms with E-state index in [-0.39, 0.29) is 11.5 Å². The van der Waals surface area contributed by atoms with Crippen LogP contribution in [0.3, 0.4) is 0 Å². The van der Waals surface area contributed by atoms with Crippen molar-refractivity contribution < 1.29 is 4.92 Å². The number of hydrogen-bond acceptors (Lipinski definition) is 2. The van der Waals surface area contributed by atoms with Crippen molar-refractivity contribution in [3.63, 3.8) is 0 Å². The number of nitrogens with zero attached hydrogens (tertiary/aromatic N) is 1. The van der Waals surface area contributed by atoms with Crippen LogP contribution in [-0.2, 0) is 6.54 Å². The third-order valence-corrected chi connectivity index (χ3v) is 3.14. The molecule has 88 valence electrons. The van der Waals surface area contributed by atoms with Crippen LogP contribution in [0.25, 0.3) is 21.5 Å². The molecule has 3 aromatic carbocycles. The van der Waals surface area contributed by atoms with Crippen molar-refractivity contribution in [2.45, 2.75) is 6.54 Å². The monoisotopic (exact) mass is 237 g/mol. The van der Waals surface area contributed by atoms with E-state index in [1.54, 1.807) is 0 Å². The van der Waals surface area contributed by atoms with Crippen molar-refractivity contribution in [1.82, 2.24) is 0 Å². The maximum Gasteiger partial charge on any atom is 0.229 e. The van der Waals surface area contributed by atoms with Gasteiger partial charge < -0.3 is 0 Å². The molecule has 0 aliphatic rings. The van der Waals surface area contributed by atoms with Crippen LogP contribution in [0.1, 0.15) is 5.56 Å². The Balaban J connectivity index is 2.32. The summed E-state index contributed by atoms with van der Waals surface area (Å²) in [6.07, 6.45) is 0. The van der Waals surface area contributed by atoms with Gasteiger partial charge in [-0.15, -0.1) is 0 Å². The minimum absolute atomic E-state index is 0.129. The van der Waals surface area contributed by atoms with Gasteiger partial charge in [0.15, 0.2) is 0 Å². The Morgan fingerprint density at radius 2 is 1.56 bits per heavy atom. The average Bonchev–Trinajstić information content (AvgIpc) is 2.36. The molecule has 0 atom stereocenters. The molecule has 0 N–H and O–H groups in total. The van der Waals surface area contributed by atoms with Gasteiger partial charge in [-0.25, -0.2) is 0 Å². The predicted octanol–water partition coefficient (Wildman–Crippen LogP) is 3.77. The van der Waals surface area contributed by atoms with Gasteiger partial charge in [0, 0.05) is 10.5 Å². The Kier molecular flexibility index (Phi) is 2.45. The van der Waals surface area contributed by atoms with Crippen molar-refractivity contribution in [1.29, 1.82) is 0 Å². The summed E-state index contributed by atoms with van der Waals surface area (Å²) in [5.41, 5.74) is 0.767. The molecule has 0 aliphatic carbocycles. The van der Waals surface area contributed by atoms with E-state index in [1.807, 2.05) is 42.5 Å². The first-order chi connectivity index (χ1) is 8.74. The molecule has 18 heavy (non-hydrogen) atoms. The first-order valence-corrected chi connectivity index (χ1v) is 5.76. The number of rotatable bonds is 2. The van der Waals surface area contributed by atoms with Crippen molar-refractivity contribution in [2.24, 2.45) is 0 Å². The molecule has 0 spiro atoms. The van der Waals surface area contributed by atoms with E-state index in [0.717, 1.165) is 27.1 Å². The molecule has 0 fully saturated rings. The molecule has 3 heteroatoms. The number of nitro groups is 1. The molecule has 0 heterocycles. The van der Waals surface area contributed by atoms with Gasteiger partial charge in [0.1, 0.15) is 0 Å². The normalized spacial score (nSPS) is 10.9. The summed E-state index contributed by atoms with van der Waals surface area (Å²) in [5, 5.41) is 15.0. The van der Waals surface area contributed by atoms with E-state index < -0.39 is 0 Å². The quantitative estimate of drug-likeness (QED) is 0.387.